The van der Waals surface area contributed by atoms with Gasteiger partial charge in [0.1, 0.15) is 11.6 Å². The van der Waals surface area contributed by atoms with E-state index in [-0.39, 0.29) is 5.57 Å². The molecular weight excluding hydrogens is 388 g/mol. The Balaban J connectivity index is 2.00. The summed E-state index contributed by atoms with van der Waals surface area (Å²) in [6, 6.07) is 14.8. The number of nitriles is 1. The molecule has 0 spiro atoms. The maximum Gasteiger partial charge on any atom is 0.266 e. The molecule has 0 saturated heterocycles. The molecule has 5 heteroatoms. The molecule has 1 amide bonds. The van der Waals surface area contributed by atoms with Gasteiger partial charge >= 0.3 is 0 Å². The quantitative estimate of drug-likeness (QED) is 0.249. The number of benzene rings is 2. The molecule has 2 aromatic rings. The van der Waals surface area contributed by atoms with Gasteiger partial charge in [0.25, 0.3) is 5.91 Å². The predicted molar refractivity (Wildman–Crippen MR) is 125 cm³/mol. The highest BCUT2D eigenvalue weighted by atomic mass is 16.5. The SMILES string of the molecule is CCCCCCCCOc1ccc(C=C(C#N)C(=O)Nc2cccc(C)c2)cc1OC. The lowest BCUT2D eigenvalue weighted by Gasteiger charge is -2.11. The normalized spacial score (nSPS) is 11.0. The van der Waals surface area contributed by atoms with Gasteiger partial charge < -0.3 is 14.8 Å². The molecule has 1 N–H and O–H groups in total. The number of carbonyl (C=O) groups is 1. The van der Waals surface area contributed by atoms with Crippen molar-refractivity contribution in [3.63, 3.8) is 0 Å². The minimum absolute atomic E-state index is 0.0179. The van der Waals surface area contributed by atoms with Crippen molar-refractivity contribution in [1.29, 1.82) is 5.26 Å². The molecule has 2 rings (SSSR count). The van der Waals surface area contributed by atoms with Gasteiger partial charge in [-0.2, -0.15) is 5.26 Å². The van der Waals surface area contributed by atoms with Gasteiger partial charge in [0.2, 0.25) is 0 Å². The molecule has 2 aromatic carbocycles. The fourth-order valence-corrected chi connectivity index (χ4v) is 3.19. The van der Waals surface area contributed by atoms with Gasteiger partial charge in [-0.15, -0.1) is 0 Å². The summed E-state index contributed by atoms with van der Waals surface area (Å²) in [5.41, 5.74) is 2.40. The summed E-state index contributed by atoms with van der Waals surface area (Å²) in [5, 5.41) is 12.2. The third-order valence-corrected chi connectivity index (χ3v) is 4.90. The first-order valence-corrected chi connectivity index (χ1v) is 10.9. The third-order valence-electron chi connectivity index (χ3n) is 4.90. The van der Waals surface area contributed by atoms with Crippen LogP contribution in [0.3, 0.4) is 0 Å². The van der Waals surface area contributed by atoms with E-state index in [0.29, 0.717) is 29.4 Å². The van der Waals surface area contributed by atoms with Gasteiger partial charge in [-0.1, -0.05) is 57.2 Å². The fourth-order valence-electron chi connectivity index (χ4n) is 3.19. The Morgan fingerprint density at radius 2 is 1.84 bits per heavy atom. The van der Waals surface area contributed by atoms with E-state index in [9.17, 15) is 10.1 Å². The largest absolute Gasteiger partial charge is 0.493 e. The van der Waals surface area contributed by atoms with Gasteiger partial charge in [0.05, 0.1) is 13.7 Å². The second kappa shape index (κ2) is 13.1. The predicted octanol–water partition coefficient (Wildman–Crippen LogP) is 6.29. The molecule has 0 bridgehead atoms. The summed E-state index contributed by atoms with van der Waals surface area (Å²) in [6.07, 6.45) is 8.76. The fraction of sp³-hybridized carbons (Fsp3) is 0.385. The average Bonchev–Trinajstić information content (AvgIpc) is 2.77. The van der Waals surface area contributed by atoms with Crippen molar-refractivity contribution in [2.24, 2.45) is 0 Å². The third kappa shape index (κ3) is 8.18. The molecular formula is C26H32N2O3. The number of hydrogen-bond donors (Lipinski definition) is 1. The van der Waals surface area contributed by atoms with Crippen molar-refractivity contribution < 1.29 is 14.3 Å². The zero-order chi connectivity index (χ0) is 22.5. The highest BCUT2D eigenvalue weighted by Gasteiger charge is 2.11. The van der Waals surface area contributed by atoms with Crippen LogP contribution in [-0.2, 0) is 4.79 Å². The number of amides is 1. The van der Waals surface area contributed by atoms with E-state index in [0.717, 1.165) is 18.4 Å². The van der Waals surface area contributed by atoms with Crippen molar-refractivity contribution in [2.45, 2.75) is 52.4 Å². The van der Waals surface area contributed by atoms with E-state index in [1.807, 2.05) is 43.3 Å². The molecule has 0 aliphatic rings. The highest BCUT2D eigenvalue weighted by molar-refractivity contribution is 6.09. The summed E-state index contributed by atoms with van der Waals surface area (Å²) in [5.74, 6) is 0.794. The van der Waals surface area contributed by atoms with E-state index in [4.69, 9.17) is 9.47 Å². The Bertz CT molecular complexity index is 928. The minimum Gasteiger partial charge on any atom is -0.493 e. The second-order valence-electron chi connectivity index (χ2n) is 7.52. The lowest BCUT2D eigenvalue weighted by atomic mass is 10.1. The standard InChI is InChI=1S/C26H32N2O3/c1-4-5-6-7-8-9-15-31-24-14-13-21(18-25(24)30-3)17-22(19-27)26(29)28-23-12-10-11-20(2)16-23/h10-14,16-18H,4-9,15H2,1-3H3,(H,28,29). The van der Waals surface area contributed by atoms with Crippen LogP contribution in [0.4, 0.5) is 5.69 Å². The Kier molecular flexibility index (Phi) is 10.2. The smallest absolute Gasteiger partial charge is 0.266 e. The molecule has 5 nitrogen and oxygen atoms in total. The van der Waals surface area contributed by atoms with Crippen molar-refractivity contribution in [1.82, 2.24) is 0 Å². The Labute approximate surface area is 185 Å². The zero-order valence-corrected chi connectivity index (χ0v) is 18.7. The maximum atomic E-state index is 12.5. The van der Waals surface area contributed by atoms with Crippen LogP contribution in [0.15, 0.2) is 48.0 Å². The summed E-state index contributed by atoms with van der Waals surface area (Å²) in [4.78, 5) is 12.5. The van der Waals surface area contributed by atoms with E-state index in [1.165, 1.54) is 25.7 Å². The Morgan fingerprint density at radius 3 is 2.55 bits per heavy atom. The molecule has 0 heterocycles. The first-order chi connectivity index (χ1) is 15.1. The van der Waals surface area contributed by atoms with Crippen LogP contribution in [-0.4, -0.2) is 19.6 Å². The van der Waals surface area contributed by atoms with Gasteiger partial charge in [0, 0.05) is 5.69 Å². The van der Waals surface area contributed by atoms with Crippen LogP contribution in [0, 0.1) is 18.3 Å². The number of nitrogens with one attached hydrogen (secondary N) is 1. The van der Waals surface area contributed by atoms with Crippen molar-refractivity contribution in [2.75, 3.05) is 19.0 Å². The van der Waals surface area contributed by atoms with Gasteiger partial charge in [-0.3, -0.25) is 4.79 Å². The average molecular weight is 421 g/mol. The number of methoxy groups -OCH3 is 1. The van der Waals surface area contributed by atoms with E-state index in [1.54, 1.807) is 25.3 Å². The van der Waals surface area contributed by atoms with Crippen LogP contribution in [0.1, 0.15) is 56.6 Å². The summed E-state index contributed by atoms with van der Waals surface area (Å²) < 4.78 is 11.3. The summed E-state index contributed by atoms with van der Waals surface area (Å²) >= 11 is 0. The molecule has 0 radical (unpaired) electrons. The zero-order valence-electron chi connectivity index (χ0n) is 18.7. The maximum absolute atomic E-state index is 12.5. The van der Waals surface area contributed by atoms with Crippen LogP contribution < -0.4 is 14.8 Å². The monoisotopic (exact) mass is 420 g/mol. The first kappa shape index (κ1) is 24.0. The Hall–Kier alpha value is -3.26. The second-order valence-corrected chi connectivity index (χ2v) is 7.52. The van der Waals surface area contributed by atoms with E-state index >= 15 is 0 Å². The number of nitrogens with zero attached hydrogens (tertiary/aromatic N) is 1. The first-order valence-electron chi connectivity index (χ1n) is 10.9. The molecule has 0 unspecified atom stereocenters. The number of rotatable bonds is 12. The van der Waals surface area contributed by atoms with Gasteiger partial charge in [0.15, 0.2) is 11.5 Å². The molecule has 0 aromatic heterocycles. The molecule has 164 valence electrons. The highest BCUT2D eigenvalue weighted by Crippen LogP contribution is 2.29. The molecule has 0 aliphatic heterocycles. The number of carbonyl (C=O) groups excluding carboxylic acids is 1. The number of ether oxygens (including phenoxy) is 2. The van der Waals surface area contributed by atoms with Crippen LogP contribution in [0.2, 0.25) is 0 Å². The van der Waals surface area contributed by atoms with Gasteiger partial charge in [-0.05, 0) is 54.8 Å². The van der Waals surface area contributed by atoms with Crippen molar-refractivity contribution in [3.8, 4) is 17.6 Å². The molecule has 31 heavy (non-hydrogen) atoms. The lowest BCUT2D eigenvalue weighted by molar-refractivity contribution is -0.112. The van der Waals surface area contributed by atoms with Crippen LogP contribution in [0.25, 0.3) is 6.08 Å². The minimum atomic E-state index is -0.449. The molecule has 0 fully saturated rings. The molecule has 0 atom stereocenters. The van der Waals surface area contributed by atoms with Crippen LogP contribution in [0.5, 0.6) is 11.5 Å². The van der Waals surface area contributed by atoms with Crippen molar-refractivity contribution >= 4 is 17.7 Å². The lowest BCUT2D eigenvalue weighted by Crippen LogP contribution is -2.13. The van der Waals surface area contributed by atoms with Crippen molar-refractivity contribution in [3.05, 3.63) is 59.2 Å². The number of anilines is 1. The van der Waals surface area contributed by atoms with Crippen LogP contribution >= 0.6 is 0 Å². The number of hydrogen-bond acceptors (Lipinski definition) is 4. The summed E-state index contributed by atoms with van der Waals surface area (Å²) in [6.45, 7) is 4.80. The topological polar surface area (TPSA) is 71.3 Å². The summed E-state index contributed by atoms with van der Waals surface area (Å²) in [7, 11) is 1.58. The molecule has 0 saturated carbocycles. The van der Waals surface area contributed by atoms with Gasteiger partial charge in [-0.25, -0.2) is 0 Å². The van der Waals surface area contributed by atoms with E-state index in [2.05, 4.69) is 12.2 Å². The molecule has 0 aliphatic carbocycles. The number of unbranched alkanes of at least 4 members (excludes halogenated alkanes) is 5. The number of aryl methyl sites for hydroxylation is 1. The van der Waals surface area contributed by atoms with E-state index < -0.39 is 5.91 Å². The Morgan fingerprint density at radius 1 is 1.06 bits per heavy atom.